The Kier molecular flexibility index (Phi) is 4.07. The van der Waals surface area contributed by atoms with Crippen LogP contribution < -0.4 is 11.1 Å². The molecule has 0 saturated heterocycles. The van der Waals surface area contributed by atoms with Crippen molar-refractivity contribution in [3.8, 4) is 0 Å². The van der Waals surface area contributed by atoms with E-state index in [1.54, 1.807) is 11.8 Å². The van der Waals surface area contributed by atoms with Crippen LogP contribution in [0.3, 0.4) is 0 Å². The van der Waals surface area contributed by atoms with Gasteiger partial charge >= 0.3 is 0 Å². The molecule has 4 heteroatoms. The Hall–Kier alpha value is -1.00. The van der Waals surface area contributed by atoms with Crippen molar-refractivity contribution in [2.75, 3.05) is 12.3 Å². The second kappa shape index (κ2) is 5.56. The minimum absolute atomic E-state index is 0.0391. The summed E-state index contributed by atoms with van der Waals surface area (Å²) in [5.74, 6) is 1.09. The van der Waals surface area contributed by atoms with Crippen LogP contribution in [0.15, 0.2) is 24.3 Å². The topological polar surface area (TPSA) is 55.1 Å². The number of nitrogens with one attached hydrogen (secondary N) is 1. The zero-order chi connectivity index (χ0) is 12.3. The van der Waals surface area contributed by atoms with Gasteiger partial charge in [0, 0.05) is 12.6 Å². The van der Waals surface area contributed by atoms with Gasteiger partial charge in [-0.25, -0.2) is 0 Å². The number of carbonyl (C=O) groups is 1. The van der Waals surface area contributed by atoms with E-state index in [4.69, 9.17) is 5.73 Å². The van der Waals surface area contributed by atoms with E-state index in [0.717, 1.165) is 17.7 Å². The van der Waals surface area contributed by atoms with Gasteiger partial charge in [0.25, 0.3) is 0 Å². The Bertz CT molecular complexity index is 408. The van der Waals surface area contributed by atoms with Gasteiger partial charge in [0.05, 0.1) is 0 Å². The number of hydrogen-bond donors (Lipinski definition) is 2. The maximum atomic E-state index is 12.1. The van der Waals surface area contributed by atoms with Crippen LogP contribution in [0, 0.1) is 0 Å². The number of rotatable bonds is 3. The van der Waals surface area contributed by atoms with Crippen LogP contribution >= 0.6 is 11.8 Å². The largest absolute Gasteiger partial charge is 0.351 e. The van der Waals surface area contributed by atoms with Crippen LogP contribution in [-0.4, -0.2) is 24.2 Å². The molecule has 1 aliphatic heterocycles. The molecule has 1 aliphatic rings. The number of aryl methyl sites for hydroxylation is 1. The smallest absolute Gasteiger partial charge is 0.237 e. The molecule has 0 saturated carbocycles. The fourth-order valence-corrected chi connectivity index (χ4v) is 3.19. The number of hydrogen-bond acceptors (Lipinski definition) is 3. The summed E-state index contributed by atoms with van der Waals surface area (Å²) in [6.07, 6.45) is 1.05. The average Bonchev–Trinajstić information content (AvgIpc) is 2.37. The number of carbonyl (C=O) groups excluding carboxylic acids is 1. The predicted octanol–water partition coefficient (Wildman–Crippen LogP) is 1.48. The highest BCUT2D eigenvalue weighted by atomic mass is 32.2. The second-order valence-corrected chi connectivity index (χ2v) is 5.56. The summed E-state index contributed by atoms with van der Waals surface area (Å²) in [6.45, 7) is 2.40. The first-order chi connectivity index (χ1) is 8.22. The first-order valence-corrected chi connectivity index (χ1v) is 6.97. The molecule has 0 bridgehead atoms. The Morgan fingerprint density at radius 2 is 2.35 bits per heavy atom. The van der Waals surface area contributed by atoms with E-state index in [1.807, 2.05) is 19.1 Å². The Labute approximate surface area is 106 Å². The number of thioether (sulfide) groups is 1. The van der Waals surface area contributed by atoms with Crippen molar-refractivity contribution in [2.45, 2.75) is 24.6 Å². The fourth-order valence-electron chi connectivity index (χ4n) is 1.99. The van der Waals surface area contributed by atoms with E-state index < -0.39 is 0 Å². The fraction of sp³-hybridized carbons (Fsp3) is 0.462. The summed E-state index contributed by atoms with van der Waals surface area (Å²) in [6, 6.07) is 8.24. The maximum Gasteiger partial charge on any atom is 0.237 e. The second-order valence-electron chi connectivity index (χ2n) is 4.34. The molecule has 1 unspecified atom stereocenters. The molecular weight excluding hydrogens is 232 g/mol. The quantitative estimate of drug-likeness (QED) is 0.854. The number of benzene rings is 1. The minimum Gasteiger partial charge on any atom is -0.351 e. The Balaban J connectivity index is 2.15. The van der Waals surface area contributed by atoms with Gasteiger partial charge in [0.15, 0.2) is 0 Å². The summed E-state index contributed by atoms with van der Waals surface area (Å²) < 4.78 is 0. The molecule has 0 spiro atoms. The van der Waals surface area contributed by atoms with Gasteiger partial charge in [-0.1, -0.05) is 24.3 Å². The number of nitrogens with two attached hydrogens (primary N) is 1. The summed E-state index contributed by atoms with van der Waals surface area (Å²) >= 11 is 1.71. The van der Waals surface area contributed by atoms with Gasteiger partial charge in [0.1, 0.15) is 5.25 Å². The van der Waals surface area contributed by atoms with Gasteiger partial charge in [-0.15, -0.1) is 11.8 Å². The van der Waals surface area contributed by atoms with Crippen molar-refractivity contribution in [3.63, 3.8) is 0 Å². The average molecular weight is 250 g/mol. The van der Waals surface area contributed by atoms with E-state index >= 15 is 0 Å². The van der Waals surface area contributed by atoms with Gasteiger partial charge < -0.3 is 11.1 Å². The SMILES string of the molecule is C[C@@H](CN)NC(=O)C1SCCc2ccccc21. The molecule has 17 heavy (non-hydrogen) atoms. The van der Waals surface area contributed by atoms with Gasteiger partial charge in [-0.2, -0.15) is 0 Å². The third kappa shape index (κ3) is 2.82. The number of fused-ring (bicyclic) bond motifs is 1. The molecule has 1 aromatic carbocycles. The van der Waals surface area contributed by atoms with E-state index in [-0.39, 0.29) is 17.2 Å². The standard InChI is InChI=1S/C13H18N2OS/c1-9(8-14)15-13(16)12-11-5-3-2-4-10(11)6-7-17-12/h2-5,9,12H,6-8,14H2,1H3,(H,15,16)/t9-,12?/m0/s1. The predicted molar refractivity (Wildman–Crippen MR) is 72.0 cm³/mol. The van der Waals surface area contributed by atoms with E-state index in [1.165, 1.54) is 5.56 Å². The van der Waals surface area contributed by atoms with E-state index in [0.29, 0.717) is 6.54 Å². The molecule has 1 amide bonds. The summed E-state index contributed by atoms with van der Waals surface area (Å²) in [5.41, 5.74) is 7.98. The van der Waals surface area contributed by atoms with Crippen LogP contribution in [-0.2, 0) is 11.2 Å². The molecule has 2 atom stereocenters. The highest BCUT2D eigenvalue weighted by molar-refractivity contribution is 8.00. The van der Waals surface area contributed by atoms with Crippen molar-refractivity contribution < 1.29 is 4.79 Å². The summed E-state index contributed by atoms with van der Waals surface area (Å²) in [5, 5.41) is 2.88. The minimum atomic E-state index is -0.0750. The van der Waals surface area contributed by atoms with Crippen LogP contribution in [0.1, 0.15) is 23.3 Å². The van der Waals surface area contributed by atoms with Crippen LogP contribution in [0.4, 0.5) is 0 Å². The van der Waals surface area contributed by atoms with Gasteiger partial charge in [-0.3, -0.25) is 4.79 Å². The molecular formula is C13H18N2OS. The van der Waals surface area contributed by atoms with Crippen molar-refractivity contribution in [1.82, 2.24) is 5.32 Å². The molecule has 0 fully saturated rings. The molecule has 0 radical (unpaired) electrons. The number of amides is 1. The van der Waals surface area contributed by atoms with Crippen LogP contribution in [0.2, 0.25) is 0 Å². The zero-order valence-corrected chi connectivity index (χ0v) is 10.8. The molecule has 2 rings (SSSR count). The molecule has 0 aromatic heterocycles. The zero-order valence-electron chi connectivity index (χ0n) is 9.98. The third-order valence-electron chi connectivity index (χ3n) is 2.97. The Morgan fingerprint density at radius 1 is 1.59 bits per heavy atom. The first-order valence-electron chi connectivity index (χ1n) is 5.92. The van der Waals surface area contributed by atoms with Gasteiger partial charge in [0.2, 0.25) is 5.91 Å². The Morgan fingerprint density at radius 3 is 3.12 bits per heavy atom. The lowest BCUT2D eigenvalue weighted by Gasteiger charge is -2.25. The highest BCUT2D eigenvalue weighted by Crippen LogP contribution is 2.36. The van der Waals surface area contributed by atoms with Crippen molar-refractivity contribution in [3.05, 3.63) is 35.4 Å². The molecule has 1 heterocycles. The maximum absolute atomic E-state index is 12.1. The lowest BCUT2D eigenvalue weighted by atomic mass is 10.0. The first kappa shape index (κ1) is 12.5. The highest BCUT2D eigenvalue weighted by Gasteiger charge is 2.27. The van der Waals surface area contributed by atoms with Crippen molar-refractivity contribution in [1.29, 1.82) is 0 Å². The lowest BCUT2D eigenvalue weighted by Crippen LogP contribution is -2.40. The monoisotopic (exact) mass is 250 g/mol. The molecule has 1 aromatic rings. The summed E-state index contributed by atoms with van der Waals surface area (Å²) in [7, 11) is 0. The molecule has 3 N–H and O–H groups in total. The molecule has 0 aliphatic carbocycles. The van der Waals surface area contributed by atoms with Crippen LogP contribution in [0.25, 0.3) is 0 Å². The van der Waals surface area contributed by atoms with Crippen molar-refractivity contribution in [2.24, 2.45) is 5.73 Å². The molecule has 3 nitrogen and oxygen atoms in total. The third-order valence-corrected chi connectivity index (χ3v) is 4.21. The molecule has 92 valence electrons. The van der Waals surface area contributed by atoms with E-state index in [9.17, 15) is 4.79 Å². The summed E-state index contributed by atoms with van der Waals surface area (Å²) in [4.78, 5) is 12.1. The normalized spacial score (nSPS) is 20.5. The lowest BCUT2D eigenvalue weighted by molar-refractivity contribution is -0.121. The van der Waals surface area contributed by atoms with E-state index in [2.05, 4.69) is 17.4 Å². The van der Waals surface area contributed by atoms with Gasteiger partial charge in [-0.05, 0) is 30.2 Å². The van der Waals surface area contributed by atoms with Crippen molar-refractivity contribution >= 4 is 17.7 Å². The van der Waals surface area contributed by atoms with Crippen LogP contribution in [0.5, 0.6) is 0 Å².